The monoisotopic (exact) mass is 397 g/mol. The highest BCUT2D eigenvalue weighted by Crippen LogP contribution is 2.25. The third kappa shape index (κ3) is 4.16. The number of aromatic nitrogens is 1. The molecule has 4 rings (SSSR count). The van der Waals surface area contributed by atoms with Gasteiger partial charge in [-0.15, -0.1) is 11.3 Å². The van der Waals surface area contributed by atoms with Gasteiger partial charge in [0.25, 0.3) is 5.91 Å². The number of morpholine rings is 1. The standard InChI is InChI=1S/C21H23N3O3S/c1-14(24-9-11-26-12-10-24)19-7-8-20(27-19)21(25)23-17-5-3-16(4-6-17)18-13-28-15(2)22-18/h3-8,13-14H,9-12H2,1-2H3,(H,23,25)/t14-/m0/s1. The smallest absolute Gasteiger partial charge is 0.291 e. The van der Waals surface area contributed by atoms with E-state index in [1.807, 2.05) is 42.6 Å². The van der Waals surface area contributed by atoms with Crippen molar-refractivity contribution in [2.24, 2.45) is 0 Å². The van der Waals surface area contributed by atoms with Crippen molar-refractivity contribution in [2.45, 2.75) is 19.9 Å². The molecule has 1 atom stereocenters. The Balaban J connectivity index is 1.40. The van der Waals surface area contributed by atoms with E-state index in [-0.39, 0.29) is 11.9 Å². The molecule has 3 aromatic rings. The normalized spacial score (nSPS) is 16.1. The molecular weight excluding hydrogens is 374 g/mol. The van der Waals surface area contributed by atoms with Gasteiger partial charge in [0.05, 0.1) is 30.0 Å². The Hall–Kier alpha value is -2.48. The molecule has 2 aromatic heterocycles. The van der Waals surface area contributed by atoms with Crippen molar-refractivity contribution in [3.05, 3.63) is 58.3 Å². The van der Waals surface area contributed by atoms with E-state index in [0.29, 0.717) is 5.76 Å². The zero-order valence-electron chi connectivity index (χ0n) is 16.0. The minimum Gasteiger partial charge on any atom is -0.454 e. The van der Waals surface area contributed by atoms with Crippen LogP contribution >= 0.6 is 11.3 Å². The Morgan fingerprint density at radius 2 is 1.93 bits per heavy atom. The third-order valence-electron chi connectivity index (χ3n) is 4.91. The van der Waals surface area contributed by atoms with E-state index in [2.05, 4.69) is 22.1 Å². The minimum absolute atomic E-state index is 0.117. The average molecular weight is 398 g/mol. The molecule has 1 fully saturated rings. The first kappa shape index (κ1) is 18.9. The summed E-state index contributed by atoms with van der Waals surface area (Å²) in [6.07, 6.45) is 0. The number of aryl methyl sites for hydroxylation is 1. The number of furan rings is 1. The lowest BCUT2D eigenvalue weighted by Gasteiger charge is -2.31. The highest BCUT2D eigenvalue weighted by Gasteiger charge is 2.22. The van der Waals surface area contributed by atoms with Gasteiger partial charge >= 0.3 is 0 Å². The molecule has 0 spiro atoms. The van der Waals surface area contributed by atoms with E-state index >= 15 is 0 Å². The van der Waals surface area contributed by atoms with Crippen LogP contribution in [0.2, 0.25) is 0 Å². The van der Waals surface area contributed by atoms with Gasteiger partial charge in [-0.25, -0.2) is 4.98 Å². The lowest BCUT2D eigenvalue weighted by atomic mass is 10.1. The number of carbonyl (C=O) groups is 1. The molecule has 1 N–H and O–H groups in total. The number of nitrogens with zero attached hydrogens (tertiary/aromatic N) is 2. The van der Waals surface area contributed by atoms with Gasteiger partial charge in [-0.3, -0.25) is 9.69 Å². The number of ether oxygens (including phenoxy) is 1. The number of amides is 1. The Labute approximate surface area is 168 Å². The summed E-state index contributed by atoms with van der Waals surface area (Å²) in [7, 11) is 0. The molecule has 0 bridgehead atoms. The zero-order valence-corrected chi connectivity index (χ0v) is 16.8. The van der Waals surface area contributed by atoms with Gasteiger partial charge in [0.15, 0.2) is 5.76 Å². The van der Waals surface area contributed by atoms with E-state index in [9.17, 15) is 4.79 Å². The van der Waals surface area contributed by atoms with E-state index in [0.717, 1.165) is 54.0 Å². The first-order valence-electron chi connectivity index (χ1n) is 9.35. The first-order chi connectivity index (χ1) is 13.6. The minimum atomic E-state index is -0.252. The van der Waals surface area contributed by atoms with E-state index in [1.165, 1.54) is 0 Å². The van der Waals surface area contributed by atoms with Crippen LogP contribution in [0.1, 0.15) is 34.3 Å². The van der Waals surface area contributed by atoms with Crippen LogP contribution in [0.5, 0.6) is 0 Å². The van der Waals surface area contributed by atoms with Gasteiger partial charge in [-0.05, 0) is 38.1 Å². The van der Waals surface area contributed by atoms with Crippen molar-refractivity contribution in [3.8, 4) is 11.3 Å². The number of benzene rings is 1. The summed E-state index contributed by atoms with van der Waals surface area (Å²) >= 11 is 1.62. The fraction of sp³-hybridized carbons (Fsp3) is 0.333. The van der Waals surface area contributed by atoms with Crippen LogP contribution in [0.4, 0.5) is 5.69 Å². The number of nitrogens with one attached hydrogen (secondary N) is 1. The molecule has 1 aromatic carbocycles. The number of anilines is 1. The number of hydrogen-bond donors (Lipinski definition) is 1. The van der Waals surface area contributed by atoms with Crippen LogP contribution in [0.3, 0.4) is 0 Å². The fourth-order valence-corrected chi connectivity index (χ4v) is 3.88. The van der Waals surface area contributed by atoms with E-state index in [1.54, 1.807) is 17.4 Å². The molecule has 0 saturated carbocycles. The quantitative estimate of drug-likeness (QED) is 0.693. The maximum Gasteiger partial charge on any atom is 0.291 e. The van der Waals surface area contributed by atoms with Crippen molar-refractivity contribution < 1.29 is 13.9 Å². The predicted octanol–water partition coefficient (Wildman–Crippen LogP) is 4.36. The molecule has 7 heteroatoms. The largest absolute Gasteiger partial charge is 0.454 e. The average Bonchev–Trinajstić information content (AvgIpc) is 3.38. The molecule has 6 nitrogen and oxygen atoms in total. The van der Waals surface area contributed by atoms with Crippen molar-refractivity contribution >= 4 is 22.9 Å². The van der Waals surface area contributed by atoms with Crippen molar-refractivity contribution in [1.29, 1.82) is 0 Å². The van der Waals surface area contributed by atoms with Crippen LogP contribution in [0.15, 0.2) is 46.2 Å². The Bertz CT molecular complexity index is 942. The number of hydrogen-bond acceptors (Lipinski definition) is 6. The van der Waals surface area contributed by atoms with Gasteiger partial charge in [0.1, 0.15) is 5.76 Å². The van der Waals surface area contributed by atoms with Crippen LogP contribution in [-0.4, -0.2) is 42.1 Å². The van der Waals surface area contributed by atoms with Gasteiger partial charge in [-0.2, -0.15) is 0 Å². The molecule has 0 radical (unpaired) electrons. The van der Waals surface area contributed by atoms with Gasteiger partial charge in [-0.1, -0.05) is 12.1 Å². The molecule has 0 aliphatic carbocycles. The van der Waals surface area contributed by atoms with E-state index < -0.39 is 0 Å². The summed E-state index contributed by atoms with van der Waals surface area (Å²) in [5, 5.41) is 5.96. The number of thiazole rings is 1. The molecular formula is C21H23N3O3S. The molecule has 1 aliphatic heterocycles. The molecule has 1 aliphatic rings. The highest BCUT2D eigenvalue weighted by atomic mass is 32.1. The maximum absolute atomic E-state index is 12.5. The second-order valence-corrected chi connectivity index (χ2v) is 7.87. The summed E-state index contributed by atoms with van der Waals surface area (Å²) in [5.41, 5.74) is 2.70. The molecule has 146 valence electrons. The molecule has 1 saturated heterocycles. The zero-order chi connectivity index (χ0) is 19.5. The predicted molar refractivity (Wildman–Crippen MR) is 110 cm³/mol. The Morgan fingerprint density at radius 3 is 2.61 bits per heavy atom. The topological polar surface area (TPSA) is 67.6 Å². The SMILES string of the molecule is Cc1nc(-c2ccc(NC(=O)c3ccc([C@H](C)N4CCOCC4)o3)cc2)cs1. The Kier molecular flexibility index (Phi) is 5.57. The van der Waals surface area contributed by atoms with Crippen molar-refractivity contribution in [1.82, 2.24) is 9.88 Å². The van der Waals surface area contributed by atoms with Crippen LogP contribution in [0.25, 0.3) is 11.3 Å². The second kappa shape index (κ2) is 8.26. The number of carbonyl (C=O) groups excluding carboxylic acids is 1. The Morgan fingerprint density at radius 1 is 1.18 bits per heavy atom. The summed E-state index contributed by atoms with van der Waals surface area (Å²) in [6, 6.07) is 11.4. The van der Waals surface area contributed by atoms with Gasteiger partial charge in [0.2, 0.25) is 0 Å². The molecule has 28 heavy (non-hydrogen) atoms. The van der Waals surface area contributed by atoms with Crippen LogP contribution < -0.4 is 5.32 Å². The molecule has 1 amide bonds. The van der Waals surface area contributed by atoms with Crippen LogP contribution in [-0.2, 0) is 4.74 Å². The number of rotatable bonds is 5. The summed E-state index contributed by atoms with van der Waals surface area (Å²) < 4.78 is 11.2. The lowest BCUT2D eigenvalue weighted by molar-refractivity contribution is 0.0155. The maximum atomic E-state index is 12.5. The summed E-state index contributed by atoms with van der Waals surface area (Å²) in [6.45, 7) is 7.28. The van der Waals surface area contributed by atoms with E-state index in [4.69, 9.17) is 9.15 Å². The lowest BCUT2D eigenvalue weighted by Crippen LogP contribution is -2.37. The van der Waals surface area contributed by atoms with Gasteiger partial charge in [0, 0.05) is 29.7 Å². The highest BCUT2D eigenvalue weighted by molar-refractivity contribution is 7.09. The second-order valence-electron chi connectivity index (χ2n) is 6.81. The van der Waals surface area contributed by atoms with Crippen molar-refractivity contribution in [2.75, 3.05) is 31.6 Å². The van der Waals surface area contributed by atoms with Gasteiger partial charge < -0.3 is 14.5 Å². The summed E-state index contributed by atoms with van der Waals surface area (Å²) in [4.78, 5) is 19.3. The summed E-state index contributed by atoms with van der Waals surface area (Å²) in [5.74, 6) is 0.855. The fourth-order valence-electron chi connectivity index (χ4n) is 3.26. The molecule has 3 heterocycles. The van der Waals surface area contributed by atoms with Crippen LogP contribution in [0, 0.1) is 6.92 Å². The molecule has 0 unspecified atom stereocenters. The third-order valence-corrected chi connectivity index (χ3v) is 5.69. The van der Waals surface area contributed by atoms with Crippen molar-refractivity contribution in [3.63, 3.8) is 0 Å². The first-order valence-corrected chi connectivity index (χ1v) is 10.2.